The van der Waals surface area contributed by atoms with Crippen LogP contribution in [0, 0.1) is 0 Å². The van der Waals surface area contributed by atoms with E-state index >= 15 is 0 Å². The Balaban J connectivity index is 1.28. The van der Waals surface area contributed by atoms with Crippen molar-refractivity contribution in [1.82, 2.24) is 5.32 Å². The van der Waals surface area contributed by atoms with Gasteiger partial charge in [0.15, 0.2) is 18.1 Å². The van der Waals surface area contributed by atoms with Gasteiger partial charge < -0.3 is 24.4 Å². The van der Waals surface area contributed by atoms with Gasteiger partial charge in [-0.1, -0.05) is 12.1 Å². The number of nitrogens with zero attached hydrogens (tertiary/aromatic N) is 1. The minimum Gasteiger partial charge on any atom is -0.454 e. The molecular weight excluding hydrogens is 376 g/mol. The zero-order chi connectivity index (χ0) is 20.2. The first-order chi connectivity index (χ1) is 14.1. The van der Waals surface area contributed by atoms with Gasteiger partial charge in [-0.2, -0.15) is 0 Å². The van der Waals surface area contributed by atoms with Crippen LogP contribution in [0.3, 0.4) is 0 Å². The number of carbonyl (C=O) groups excluding carboxylic acids is 3. The molecule has 2 aliphatic rings. The first-order valence-corrected chi connectivity index (χ1v) is 9.33. The normalized spacial score (nSPS) is 14.8. The fourth-order valence-corrected chi connectivity index (χ4v) is 3.24. The maximum atomic E-state index is 12.3. The third kappa shape index (κ3) is 4.31. The van der Waals surface area contributed by atoms with Gasteiger partial charge in [-0.05, 0) is 42.3 Å². The molecule has 8 heteroatoms. The minimum atomic E-state index is -0.614. The van der Waals surface area contributed by atoms with Crippen molar-refractivity contribution in [1.29, 1.82) is 0 Å². The highest BCUT2D eigenvalue weighted by Gasteiger charge is 2.22. The van der Waals surface area contributed by atoms with E-state index in [0.717, 1.165) is 12.0 Å². The largest absolute Gasteiger partial charge is 0.454 e. The number of amides is 2. The maximum Gasteiger partial charge on any atom is 0.338 e. The summed E-state index contributed by atoms with van der Waals surface area (Å²) in [4.78, 5) is 37.8. The van der Waals surface area contributed by atoms with Gasteiger partial charge in [0.1, 0.15) is 0 Å². The van der Waals surface area contributed by atoms with E-state index in [2.05, 4.69) is 5.32 Å². The molecule has 4 rings (SSSR count). The summed E-state index contributed by atoms with van der Waals surface area (Å²) in [6.07, 6.45) is 1.31. The van der Waals surface area contributed by atoms with Gasteiger partial charge in [0.2, 0.25) is 12.7 Å². The van der Waals surface area contributed by atoms with Crippen molar-refractivity contribution >= 4 is 23.5 Å². The third-order valence-electron chi connectivity index (χ3n) is 4.73. The molecule has 1 N–H and O–H groups in total. The number of nitrogens with one attached hydrogen (secondary N) is 1. The number of hydrogen-bond acceptors (Lipinski definition) is 6. The topological polar surface area (TPSA) is 94.2 Å². The van der Waals surface area contributed by atoms with Crippen molar-refractivity contribution in [2.45, 2.75) is 19.4 Å². The van der Waals surface area contributed by atoms with Crippen molar-refractivity contribution in [3.63, 3.8) is 0 Å². The van der Waals surface area contributed by atoms with Crippen LogP contribution in [0.5, 0.6) is 11.5 Å². The lowest BCUT2D eigenvalue weighted by molar-refractivity contribution is -0.124. The number of ether oxygens (including phenoxy) is 3. The molecule has 2 heterocycles. The van der Waals surface area contributed by atoms with Gasteiger partial charge in [-0.3, -0.25) is 9.59 Å². The van der Waals surface area contributed by atoms with Gasteiger partial charge in [0.05, 0.1) is 5.56 Å². The summed E-state index contributed by atoms with van der Waals surface area (Å²) < 4.78 is 15.6. The zero-order valence-electron chi connectivity index (χ0n) is 15.7. The number of esters is 1. The molecule has 1 saturated heterocycles. The molecule has 0 radical (unpaired) electrons. The Bertz CT molecular complexity index is 958. The molecule has 150 valence electrons. The van der Waals surface area contributed by atoms with Gasteiger partial charge in [-0.25, -0.2) is 4.79 Å². The van der Waals surface area contributed by atoms with Gasteiger partial charge in [0.25, 0.3) is 5.91 Å². The average molecular weight is 396 g/mol. The molecule has 0 unspecified atom stereocenters. The van der Waals surface area contributed by atoms with Crippen LogP contribution in [-0.4, -0.2) is 37.7 Å². The lowest BCUT2D eigenvalue weighted by Gasteiger charge is -2.16. The Kier molecular flexibility index (Phi) is 5.33. The van der Waals surface area contributed by atoms with Crippen molar-refractivity contribution < 1.29 is 28.6 Å². The standard InChI is InChI=1S/C21H20N2O6/c24-19(22-11-14-6-7-17-18(9-14)29-13-28-17)12-27-21(26)15-3-1-4-16(10-15)23-8-2-5-20(23)25/h1,3-4,6-7,9-10H,2,5,8,11-13H2,(H,22,24). The molecule has 2 aliphatic heterocycles. The van der Waals surface area contributed by atoms with Crippen molar-refractivity contribution in [2.75, 3.05) is 24.8 Å². The van der Waals surface area contributed by atoms with Gasteiger partial charge >= 0.3 is 5.97 Å². The summed E-state index contributed by atoms with van der Waals surface area (Å²) >= 11 is 0. The molecule has 1 fully saturated rings. The number of benzene rings is 2. The predicted molar refractivity (Wildman–Crippen MR) is 103 cm³/mol. The second-order valence-corrected chi connectivity index (χ2v) is 6.74. The smallest absolute Gasteiger partial charge is 0.338 e. The van der Waals surface area contributed by atoms with Gasteiger partial charge in [0, 0.05) is 25.2 Å². The molecule has 2 aromatic rings. The van der Waals surface area contributed by atoms with E-state index in [1.807, 2.05) is 6.07 Å². The molecule has 0 spiro atoms. The molecule has 0 saturated carbocycles. The van der Waals surface area contributed by atoms with Crippen molar-refractivity contribution in [2.24, 2.45) is 0 Å². The monoisotopic (exact) mass is 396 g/mol. The van der Waals surface area contributed by atoms with Crippen LogP contribution in [0.2, 0.25) is 0 Å². The van der Waals surface area contributed by atoms with E-state index in [-0.39, 0.29) is 19.2 Å². The third-order valence-corrected chi connectivity index (χ3v) is 4.73. The maximum absolute atomic E-state index is 12.3. The highest BCUT2D eigenvalue weighted by molar-refractivity contribution is 5.97. The molecule has 0 atom stereocenters. The number of carbonyl (C=O) groups is 3. The fourth-order valence-electron chi connectivity index (χ4n) is 3.24. The summed E-state index contributed by atoms with van der Waals surface area (Å²) in [5.74, 6) is 0.323. The van der Waals surface area contributed by atoms with Gasteiger partial charge in [-0.15, -0.1) is 0 Å². The van der Waals surface area contributed by atoms with Crippen LogP contribution in [0.1, 0.15) is 28.8 Å². The average Bonchev–Trinajstić information content (AvgIpc) is 3.38. The first kappa shape index (κ1) is 18.8. The lowest BCUT2D eigenvalue weighted by atomic mass is 10.2. The molecule has 2 amide bonds. The summed E-state index contributed by atoms with van der Waals surface area (Å²) in [5.41, 5.74) is 1.80. The van der Waals surface area contributed by atoms with E-state index in [1.165, 1.54) is 0 Å². The van der Waals surface area contributed by atoms with Crippen LogP contribution in [0.15, 0.2) is 42.5 Å². The van der Waals surface area contributed by atoms with Crippen LogP contribution < -0.4 is 19.7 Å². The molecule has 8 nitrogen and oxygen atoms in total. The highest BCUT2D eigenvalue weighted by Crippen LogP contribution is 2.32. The minimum absolute atomic E-state index is 0.0402. The Labute approximate surface area is 167 Å². The Morgan fingerprint density at radius 2 is 1.97 bits per heavy atom. The van der Waals surface area contributed by atoms with E-state index in [1.54, 1.807) is 41.3 Å². The Morgan fingerprint density at radius 1 is 1.10 bits per heavy atom. The molecule has 0 aliphatic carbocycles. The highest BCUT2D eigenvalue weighted by atomic mass is 16.7. The molecule has 2 aromatic carbocycles. The zero-order valence-corrected chi connectivity index (χ0v) is 15.7. The summed E-state index contributed by atoms with van der Waals surface area (Å²) in [7, 11) is 0. The van der Waals surface area contributed by atoms with Crippen molar-refractivity contribution in [3.05, 3.63) is 53.6 Å². The predicted octanol–water partition coefficient (Wildman–Crippen LogP) is 2.02. The molecule has 0 bridgehead atoms. The van der Waals surface area contributed by atoms with E-state index in [9.17, 15) is 14.4 Å². The number of fused-ring (bicyclic) bond motifs is 1. The summed E-state index contributed by atoms with van der Waals surface area (Å²) in [6.45, 7) is 0.712. The fraction of sp³-hybridized carbons (Fsp3) is 0.286. The van der Waals surface area contributed by atoms with E-state index in [0.29, 0.717) is 35.7 Å². The SMILES string of the molecule is O=C(COC(=O)c1cccc(N2CCCC2=O)c1)NCc1ccc2c(c1)OCO2. The van der Waals surface area contributed by atoms with E-state index in [4.69, 9.17) is 14.2 Å². The number of rotatable bonds is 6. The van der Waals surface area contributed by atoms with Crippen molar-refractivity contribution in [3.8, 4) is 11.5 Å². The Hall–Kier alpha value is -3.55. The van der Waals surface area contributed by atoms with Crippen LogP contribution in [-0.2, 0) is 20.9 Å². The second-order valence-electron chi connectivity index (χ2n) is 6.74. The van der Waals surface area contributed by atoms with Crippen LogP contribution >= 0.6 is 0 Å². The lowest BCUT2D eigenvalue weighted by Crippen LogP contribution is -2.28. The van der Waals surface area contributed by atoms with Crippen LogP contribution in [0.25, 0.3) is 0 Å². The quantitative estimate of drug-likeness (QED) is 0.751. The Morgan fingerprint density at radius 3 is 2.79 bits per heavy atom. The van der Waals surface area contributed by atoms with E-state index < -0.39 is 18.5 Å². The molecular formula is C21H20N2O6. The second kappa shape index (κ2) is 8.22. The molecule has 0 aromatic heterocycles. The number of anilines is 1. The first-order valence-electron chi connectivity index (χ1n) is 9.33. The molecule has 29 heavy (non-hydrogen) atoms. The number of hydrogen-bond donors (Lipinski definition) is 1. The summed E-state index contributed by atoms with van der Waals surface area (Å²) in [5, 5.41) is 2.69. The van der Waals surface area contributed by atoms with Crippen LogP contribution in [0.4, 0.5) is 5.69 Å². The summed E-state index contributed by atoms with van der Waals surface area (Å²) in [6, 6.07) is 12.1.